The van der Waals surface area contributed by atoms with Crippen LogP contribution in [0, 0.1) is 0 Å². The summed E-state index contributed by atoms with van der Waals surface area (Å²) in [5, 5.41) is 0. The molecule has 2 nitrogen and oxygen atoms in total. The van der Waals surface area contributed by atoms with Crippen LogP contribution in [-0.2, 0) is 25.9 Å². The number of hydrogen-bond acceptors (Lipinski definition) is 2. The minimum atomic E-state index is -0.193. The molecule has 1 aromatic rings. The Kier molecular flexibility index (Phi) is 5.78. The van der Waals surface area contributed by atoms with E-state index in [0.29, 0.717) is 0 Å². The van der Waals surface area contributed by atoms with Crippen LogP contribution >= 0.6 is 0 Å². The Balaban J connectivity index is 0.00000144. The summed E-state index contributed by atoms with van der Waals surface area (Å²) in [7, 11) is 0. The number of piperidine rings is 1. The summed E-state index contributed by atoms with van der Waals surface area (Å²) in [4.78, 5) is 2.43. The van der Waals surface area contributed by atoms with E-state index >= 15 is 0 Å². The maximum atomic E-state index is 6.45. The van der Waals surface area contributed by atoms with E-state index in [2.05, 4.69) is 42.2 Å². The zero-order valence-corrected chi connectivity index (χ0v) is 13.8. The fourth-order valence-corrected chi connectivity index (χ4v) is 2.53. The van der Waals surface area contributed by atoms with Crippen LogP contribution in [0.3, 0.4) is 0 Å². The second kappa shape index (κ2) is 6.63. The number of nitrogens with zero attached hydrogens (tertiary/aromatic N) is 1. The molecule has 1 heterocycles. The second-order valence-corrected chi connectivity index (χ2v) is 5.07. The molecule has 1 unspecified atom stereocenters. The predicted octanol–water partition coefficient (Wildman–Crippen LogP) is 2.39. The third-order valence-corrected chi connectivity index (χ3v) is 3.48. The maximum Gasteiger partial charge on any atom is 0.0699 e. The summed E-state index contributed by atoms with van der Waals surface area (Å²) in [5.74, 6) is 0. The summed E-state index contributed by atoms with van der Waals surface area (Å²) in [6, 6.07) is 10.5. The van der Waals surface area contributed by atoms with Gasteiger partial charge in [0.15, 0.2) is 0 Å². The number of hydrogen-bond donors (Lipinski definition) is 1. The largest absolute Gasteiger partial charge is 0.313 e. The molecule has 2 N–H and O–H groups in total. The van der Waals surface area contributed by atoms with Crippen LogP contribution in [-0.4, -0.2) is 23.7 Å². The Bertz CT molecular complexity index is 318. The molecule has 1 aromatic carbocycles. The monoisotopic (exact) mass is 282 g/mol. The van der Waals surface area contributed by atoms with Gasteiger partial charge in [0.25, 0.3) is 0 Å². The van der Waals surface area contributed by atoms with Crippen molar-refractivity contribution in [3.05, 3.63) is 35.9 Å². The Labute approximate surface area is 117 Å². The first-order valence-electron chi connectivity index (χ1n) is 6.26. The van der Waals surface area contributed by atoms with E-state index in [1.54, 1.807) is 0 Å². The number of likely N-dealkylation sites (tertiary alicyclic amines) is 1. The van der Waals surface area contributed by atoms with Crippen molar-refractivity contribution in [1.29, 1.82) is 0 Å². The number of rotatable bonds is 3. The molecule has 0 amide bonds. The average Bonchev–Trinajstić information content (AvgIpc) is 2.31. The SMILES string of the molecule is CC(N)(Cc1ccccc1)N1CCCCC1.[Zn]. The fourth-order valence-electron chi connectivity index (χ4n) is 2.53. The van der Waals surface area contributed by atoms with Crippen LogP contribution < -0.4 is 5.73 Å². The first kappa shape index (κ1) is 14.8. The first-order chi connectivity index (χ1) is 7.68. The van der Waals surface area contributed by atoms with Crippen molar-refractivity contribution in [3.8, 4) is 0 Å². The number of nitrogens with two attached hydrogens (primary N) is 1. The Morgan fingerprint density at radius 3 is 2.29 bits per heavy atom. The summed E-state index contributed by atoms with van der Waals surface area (Å²) < 4.78 is 0. The molecule has 1 aliphatic heterocycles. The first-order valence-corrected chi connectivity index (χ1v) is 6.26. The molecule has 0 aliphatic carbocycles. The number of benzene rings is 1. The van der Waals surface area contributed by atoms with Gasteiger partial charge < -0.3 is 5.73 Å². The molecule has 1 fully saturated rings. The molecule has 1 saturated heterocycles. The van der Waals surface area contributed by atoms with Crippen molar-refractivity contribution in [1.82, 2.24) is 4.90 Å². The summed E-state index contributed by atoms with van der Waals surface area (Å²) in [6.07, 6.45) is 4.88. The Hall–Kier alpha value is -0.237. The molecule has 90 valence electrons. The van der Waals surface area contributed by atoms with Crippen molar-refractivity contribution in [2.45, 2.75) is 38.3 Å². The van der Waals surface area contributed by atoms with E-state index in [1.165, 1.54) is 24.8 Å². The van der Waals surface area contributed by atoms with Crippen molar-refractivity contribution < 1.29 is 19.5 Å². The molecule has 1 aliphatic rings. The Morgan fingerprint density at radius 2 is 1.71 bits per heavy atom. The molecule has 1 atom stereocenters. The molecule has 0 spiro atoms. The van der Waals surface area contributed by atoms with Crippen LogP contribution in [0.25, 0.3) is 0 Å². The van der Waals surface area contributed by atoms with Gasteiger partial charge >= 0.3 is 0 Å². The van der Waals surface area contributed by atoms with E-state index in [9.17, 15) is 0 Å². The van der Waals surface area contributed by atoms with E-state index in [1.807, 2.05) is 0 Å². The van der Waals surface area contributed by atoms with Gasteiger partial charge in [-0.3, -0.25) is 4.90 Å². The van der Waals surface area contributed by atoms with Gasteiger partial charge in [-0.1, -0.05) is 36.8 Å². The van der Waals surface area contributed by atoms with Gasteiger partial charge in [-0.15, -0.1) is 0 Å². The zero-order chi connectivity index (χ0) is 11.4. The van der Waals surface area contributed by atoms with Gasteiger partial charge in [0.2, 0.25) is 0 Å². The minimum absolute atomic E-state index is 0. The molecule has 2 rings (SSSR count). The van der Waals surface area contributed by atoms with Crippen molar-refractivity contribution in [3.63, 3.8) is 0 Å². The van der Waals surface area contributed by atoms with Gasteiger partial charge in [0.1, 0.15) is 0 Å². The molecule has 0 aromatic heterocycles. The van der Waals surface area contributed by atoms with Crippen LogP contribution in [0.5, 0.6) is 0 Å². The van der Waals surface area contributed by atoms with Crippen molar-refractivity contribution in [2.75, 3.05) is 13.1 Å². The van der Waals surface area contributed by atoms with Crippen LogP contribution in [0.1, 0.15) is 31.7 Å². The minimum Gasteiger partial charge on any atom is -0.313 e. The summed E-state index contributed by atoms with van der Waals surface area (Å²) in [6.45, 7) is 4.46. The van der Waals surface area contributed by atoms with E-state index in [4.69, 9.17) is 5.73 Å². The molecule has 0 radical (unpaired) electrons. The molecule has 0 saturated carbocycles. The quantitative estimate of drug-likeness (QED) is 0.863. The predicted molar refractivity (Wildman–Crippen MR) is 68.2 cm³/mol. The average molecular weight is 284 g/mol. The van der Waals surface area contributed by atoms with E-state index < -0.39 is 0 Å². The molecule has 3 heteroatoms. The fraction of sp³-hybridized carbons (Fsp3) is 0.571. The van der Waals surface area contributed by atoms with Crippen LogP contribution in [0.15, 0.2) is 30.3 Å². The molecular weight excluding hydrogens is 262 g/mol. The van der Waals surface area contributed by atoms with Crippen molar-refractivity contribution in [2.24, 2.45) is 5.73 Å². The zero-order valence-electron chi connectivity index (χ0n) is 10.9. The van der Waals surface area contributed by atoms with Gasteiger partial charge in [0, 0.05) is 25.9 Å². The van der Waals surface area contributed by atoms with Crippen molar-refractivity contribution >= 4 is 0 Å². The van der Waals surface area contributed by atoms with Gasteiger partial charge in [-0.2, -0.15) is 0 Å². The Morgan fingerprint density at radius 1 is 1.12 bits per heavy atom. The van der Waals surface area contributed by atoms with E-state index in [0.717, 1.165) is 19.5 Å². The smallest absolute Gasteiger partial charge is 0.0699 e. The van der Waals surface area contributed by atoms with Gasteiger partial charge in [0.05, 0.1) is 5.66 Å². The molecular formula is C14H22N2Zn. The van der Waals surface area contributed by atoms with Crippen LogP contribution in [0.2, 0.25) is 0 Å². The van der Waals surface area contributed by atoms with Crippen LogP contribution in [0.4, 0.5) is 0 Å². The third-order valence-electron chi connectivity index (χ3n) is 3.48. The third kappa shape index (κ3) is 4.17. The summed E-state index contributed by atoms with van der Waals surface area (Å²) >= 11 is 0. The standard InChI is InChI=1S/C14H22N2.Zn/c1-14(15,16-10-6-3-7-11-16)12-13-8-4-2-5-9-13;/h2,4-5,8-9H,3,6-7,10-12,15H2,1H3;. The summed E-state index contributed by atoms with van der Waals surface area (Å²) in [5.41, 5.74) is 7.59. The topological polar surface area (TPSA) is 29.3 Å². The molecule has 17 heavy (non-hydrogen) atoms. The van der Waals surface area contributed by atoms with Gasteiger partial charge in [-0.25, -0.2) is 0 Å². The van der Waals surface area contributed by atoms with Gasteiger partial charge in [-0.05, 0) is 38.4 Å². The van der Waals surface area contributed by atoms with E-state index in [-0.39, 0.29) is 25.1 Å². The second-order valence-electron chi connectivity index (χ2n) is 5.07. The molecule has 0 bridgehead atoms. The maximum absolute atomic E-state index is 6.45. The normalized spacial score (nSPS) is 20.4.